The van der Waals surface area contributed by atoms with Crippen molar-refractivity contribution >= 4 is 32.4 Å². The molecular formula is C21H19NO4S. The van der Waals surface area contributed by atoms with Gasteiger partial charge in [0.1, 0.15) is 5.75 Å². The molecule has 1 amide bonds. The Labute approximate surface area is 158 Å². The number of rotatable bonds is 5. The van der Waals surface area contributed by atoms with Crippen LogP contribution in [0.15, 0.2) is 83.8 Å². The molecule has 0 radical (unpaired) electrons. The molecule has 3 aromatic carbocycles. The molecule has 138 valence electrons. The van der Waals surface area contributed by atoms with Crippen LogP contribution in [0.25, 0.3) is 10.8 Å². The van der Waals surface area contributed by atoms with Gasteiger partial charge in [-0.15, -0.1) is 0 Å². The highest BCUT2D eigenvalue weighted by atomic mass is 32.2. The van der Waals surface area contributed by atoms with E-state index in [1.54, 1.807) is 37.3 Å². The maximum absolute atomic E-state index is 13.3. The number of carbonyl (C=O) groups excluding carboxylic acids is 1. The van der Waals surface area contributed by atoms with E-state index in [9.17, 15) is 13.2 Å². The van der Waals surface area contributed by atoms with Gasteiger partial charge in [-0.1, -0.05) is 42.5 Å². The number of sulfonamides is 1. The first-order valence-corrected chi connectivity index (χ1v) is 9.77. The Morgan fingerprint density at radius 2 is 1.63 bits per heavy atom. The van der Waals surface area contributed by atoms with Crippen molar-refractivity contribution in [2.24, 2.45) is 0 Å². The van der Waals surface area contributed by atoms with Crippen LogP contribution in [0, 0.1) is 0 Å². The molecule has 6 heteroatoms. The van der Waals surface area contributed by atoms with E-state index in [1.807, 2.05) is 24.3 Å². The standard InChI is InChI=1S/C21H19NO4S/c1-3-7-21(23)22(20-11-6-9-16-8-4-5-10-19(16)20)27(24,25)18-14-12-17(26-2)13-15-18/h3-15H,1-2H3. The number of allylic oxidation sites excluding steroid dienone is 1. The van der Waals surface area contributed by atoms with Gasteiger partial charge in [0.25, 0.3) is 15.9 Å². The quantitative estimate of drug-likeness (QED) is 0.623. The zero-order valence-electron chi connectivity index (χ0n) is 15.0. The predicted molar refractivity (Wildman–Crippen MR) is 106 cm³/mol. The second-order valence-electron chi connectivity index (χ2n) is 5.78. The fourth-order valence-electron chi connectivity index (χ4n) is 2.82. The third-order valence-corrected chi connectivity index (χ3v) is 5.82. The van der Waals surface area contributed by atoms with Gasteiger partial charge >= 0.3 is 0 Å². The summed E-state index contributed by atoms with van der Waals surface area (Å²) in [4.78, 5) is 12.8. The van der Waals surface area contributed by atoms with Crippen LogP contribution in [0.4, 0.5) is 5.69 Å². The van der Waals surface area contributed by atoms with E-state index in [0.29, 0.717) is 16.8 Å². The molecule has 0 heterocycles. The fraction of sp³-hybridized carbons (Fsp3) is 0.0952. The van der Waals surface area contributed by atoms with Gasteiger partial charge in [-0.05, 0) is 42.6 Å². The van der Waals surface area contributed by atoms with Crippen molar-refractivity contribution in [2.45, 2.75) is 11.8 Å². The normalized spacial score (nSPS) is 11.6. The Hall–Kier alpha value is -3.12. The minimum Gasteiger partial charge on any atom is -0.497 e. The monoisotopic (exact) mass is 381 g/mol. The summed E-state index contributed by atoms with van der Waals surface area (Å²) in [5, 5.41) is 1.52. The van der Waals surface area contributed by atoms with Gasteiger partial charge in [0.15, 0.2) is 0 Å². The van der Waals surface area contributed by atoms with Crippen LogP contribution in [0.1, 0.15) is 6.92 Å². The number of carbonyl (C=O) groups is 1. The van der Waals surface area contributed by atoms with Crippen molar-refractivity contribution in [2.75, 3.05) is 11.4 Å². The number of fused-ring (bicyclic) bond motifs is 1. The van der Waals surface area contributed by atoms with Crippen LogP contribution in [0.5, 0.6) is 5.75 Å². The second kappa shape index (κ2) is 7.63. The van der Waals surface area contributed by atoms with Crippen LogP contribution >= 0.6 is 0 Å². The topological polar surface area (TPSA) is 63.7 Å². The third kappa shape index (κ3) is 3.57. The maximum Gasteiger partial charge on any atom is 0.271 e. The Balaban J connectivity index is 2.23. The van der Waals surface area contributed by atoms with Gasteiger partial charge < -0.3 is 4.74 Å². The summed E-state index contributed by atoms with van der Waals surface area (Å²) in [6.07, 6.45) is 2.76. The minimum atomic E-state index is -4.12. The molecule has 0 aromatic heterocycles. The summed E-state index contributed by atoms with van der Waals surface area (Å²) in [5.74, 6) is -0.102. The molecule has 0 aliphatic heterocycles. The summed E-state index contributed by atoms with van der Waals surface area (Å²) in [7, 11) is -2.61. The summed E-state index contributed by atoms with van der Waals surface area (Å²) in [6.45, 7) is 1.67. The molecular weight excluding hydrogens is 362 g/mol. The lowest BCUT2D eigenvalue weighted by Gasteiger charge is -2.23. The molecule has 5 nitrogen and oxygen atoms in total. The first-order chi connectivity index (χ1) is 13.0. The van der Waals surface area contributed by atoms with Crippen LogP contribution in [0.3, 0.4) is 0 Å². The Morgan fingerprint density at radius 3 is 2.30 bits per heavy atom. The highest BCUT2D eigenvalue weighted by molar-refractivity contribution is 7.93. The molecule has 0 saturated carbocycles. The molecule has 0 atom stereocenters. The molecule has 3 aromatic rings. The van der Waals surface area contributed by atoms with E-state index in [1.165, 1.54) is 31.4 Å². The molecule has 0 unspecified atom stereocenters. The first-order valence-electron chi connectivity index (χ1n) is 8.33. The zero-order chi connectivity index (χ0) is 19.4. The summed E-state index contributed by atoms with van der Waals surface area (Å²) >= 11 is 0. The molecule has 0 aliphatic carbocycles. The lowest BCUT2D eigenvalue weighted by molar-refractivity contribution is -0.113. The van der Waals surface area contributed by atoms with E-state index < -0.39 is 15.9 Å². The highest BCUT2D eigenvalue weighted by Crippen LogP contribution is 2.32. The number of amides is 1. The number of anilines is 1. The highest BCUT2D eigenvalue weighted by Gasteiger charge is 2.30. The summed E-state index contributed by atoms with van der Waals surface area (Å²) in [6, 6.07) is 18.5. The fourth-order valence-corrected chi connectivity index (χ4v) is 4.22. The molecule has 27 heavy (non-hydrogen) atoms. The summed E-state index contributed by atoms with van der Waals surface area (Å²) < 4.78 is 32.6. The number of benzene rings is 3. The lowest BCUT2D eigenvalue weighted by Crippen LogP contribution is -2.36. The van der Waals surface area contributed by atoms with Crippen LogP contribution in [0.2, 0.25) is 0 Å². The molecule has 0 saturated heterocycles. The van der Waals surface area contributed by atoms with Gasteiger partial charge in [0, 0.05) is 11.5 Å². The van der Waals surface area contributed by atoms with Crippen LogP contribution in [-0.2, 0) is 14.8 Å². The van der Waals surface area contributed by atoms with Crippen molar-refractivity contribution in [3.63, 3.8) is 0 Å². The molecule has 0 spiro atoms. The molecule has 3 rings (SSSR count). The number of nitrogens with zero attached hydrogens (tertiary/aromatic N) is 1. The Morgan fingerprint density at radius 1 is 0.963 bits per heavy atom. The van der Waals surface area contributed by atoms with Gasteiger partial charge in [-0.2, -0.15) is 4.31 Å². The van der Waals surface area contributed by atoms with Crippen molar-refractivity contribution in [3.05, 3.63) is 78.9 Å². The van der Waals surface area contributed by atoms with Gasteiger partial charge in [-0.25, -0.2) is 8.42 Å². The average molecular weight is 381 g/mol. The number of methoxy groups -OCH3 is 1. The largest absolute Gasteiger partial charge is 0.497 e. The van der Waals surface area contributed by atoms with Crippen molar-refractivity contribution in [3.8, 4) is 5.75 Å². The van der Waals surface area contributed by atoms with E-state index in [4.69, 9.17) is 4.74 Å². The smallest absolute Gasteiger partial charge is 0.271 e. The van der Waals surface area contributed by atoms with Crippen LogP contribution < -0.4 is 9.04 Å². The molecule has 0 fully saturated rings. The van der Waals surface area contributed by atoms with Gasteiger partial charge in [-0.3, -0.25) is 4.79 Å². The molecule has 0 bridgehead atoms. The average Bonchev–Trinajstić information content (AvgIpc) is 2.68. The minimum absolute atomic E-state index is 0.00841. The van der Waals surface area contributed by atoms with Crippen molar-refractivity contribution in [1.29, 1.82) is 0 Å². The lowest BCUT2D eigenvalue weighted by atomic mass is 10.1. The number of hydrogen-bond donors (Lipinski definition) is 0. The van der Waals surface area contributed by atoms with Gasteiger partial charge in [0.2, 0.25) is 0 Å². The Bertz CT molecular complexity index is 1100. The van der Waals surface area contributed by atoms with Crippen molar-refractivity contribution < 1.29 is 17.9 Å². The van der Waals surface area contributed by atoms with E-state index in [0.717, 1.165) is 9.69 Å². The summed E-state index contributed by atoms with van der Waals surface area (Å²) in [5.41, 5.74) is 0.312. The third-order valence-electron chi connectivity index (χ3n) is 4.09. The predicted octanol–water partition coefficient (Wildman–Crippen LogP) is 4.15. The van der Waals surface area contributed by atoms with Gasteiger partial charge in [0.05, 0.1) is 17.7 Å². The van der Waals surface area contributed by atoms with E-state index in [-0.39, 0.29) is 4.90 Å². The second-order valence-corrected chi connectivity index (χ2v) is 7.57. The van der Waals surface area contributed by atoms with E-state index >= 15 is 0 Å². The SMILES string of the molecule is CC=CC(=O)N(c1cccc2ccccc12)S(=O)(=O)c1ccc(OC)cc1. The first kappa shape index (κ1) is 18.7. The van der Waals surface area contributed by atoms with Crippen molar-refractivity contribution in [1.82, 2.24) is 0 Å². The molecule has 0 aliphatic rings. The number of ether oxygens (including phenoxy) is 1. The molecule has 0 N–H and O–H groups in total. The van der Waals surface area contributed by atoms with E-state index in [2.05, 4.69) is 0 Å². The zero-order valence-corrected chi connectivity index (χ0v) is 15.8. The van der Waals surface area contributed by atoms with Crippen LogP contribution in [-0.4, -0.2) is 21.4 Å². The Kier molecular flexibility index (Phi) is 5.28. The number of hydrogen-bond acceptors (Lipinski definition) is 4. The maximum atomic E-state index is 13.3.